The number of hydrogen-bond donors (Lipinski definition) is 1. The second kappa shape index (κ2) is 7.85. The highest BCUT2D eigenvalue weighted by Gasteiger charge is 2.30. The van der Waals surface area contributed by atoms with Gasteiger partial charge >= 0.3 is 12.1 Å². The van der Waals surface area contributed by atoms with Gasteiger partial charge in [-0.15, -0.1) is 0 Å². The van der Waals surface area contributed by atoms with E-state index >= 15 is 0 Å². The van der Waals surface area contributed by atoms with Gasteiger partial charge in [-0.2, -0.15) is 13.2 Å². The van der Waals surface area contributed by atoms with Gasteiger partial charge in [-0.05, 0) is 38.1 Å². The zero-order valence-electron chi connectivity index (χ0n) is 12.8. The van der Waals surface area contributed by atoms with Crippen molar-refractivity contribution in [2.45, 2.75) is 32.5 Å². The molecule has 0 saturated carbocycles. The number of benzene rings is 1. The minimum Gasteiger partial charge on any atom is -0.484 e. The number of carbonyl (C=O) groups excluding carboxylic acids is 1. The number of alkyl halides is 3. The minimum atomic E-state index is -4.43. The van der Waals surface area contributed by atoms with Crippen LogP contribution >= 0.6 is 0 Å². The number of halogens is 3. The first-order chi connectivity index (χ1) is 10.6. The van der Waals surface area contributed by atoms with Crippen LogP contribution in [0.2, 0.25) is 0 Å². The van der Waals surface area contributed by atoms with Crippen LogP contribution in [0.25, 0.3) is 0 Å². The summed E-state index contributed by atoms with van der Waals surface area (Å²) in [6.45, 7) is 3.14. The van der Waals surface area contributed by atoms with Crippen LogP contribution in [-0.4, -0.2) is 41.1 Å². The van der Waals surface area contributed by atoms with Crippen LogP contribution in [-0.2, 0) is 15.8 Å². The summed E-state index contributed by atoms with van der Waals surface area (Å²) in [6.07, 6.45) is -4.62. The molecule has 0 aliphatic heterocycles. The summed E-state index contributed by atoms with van der Waals surface area (Å²) in [7, 11) is 0. The first-order valence-corrected chi connectivity index (χ1v) is 6.92. The van der Waals surface area contributed by atoms with Crippen LogP contribution in [0.4, 0.5) is 13.2 Å². The molecule has 23 heavy (non-hydrogen) atoms. The molecule has 0 bridgehead atoms. The van der Waals surface area contributed by atoms with Crippen LogP contribution in [0.1, 0.15) is 25.8 Å². The number of rotatable bonds is 7. The van der Waals surface area contributed by atoms with E-state index in [0.717, 1.165) is 24.3 Å². The van der Waals surface area contributed by atoms with Gasteiger partial charge in [0, 0.05) is 12.6 Å². The predicted octanol–water partition coefficient (Wildman–Crippen LogP) is 2.80. The first-order valence-electron chi connectivity index (χ1n) is 6.92. The summed E-state index contributed by atoms with van der Waals surface area (Å²) in [5.41, 5.74) is -0.804. The molecule has 0 saturated heterocycles. The number of ether oxygens (including phenoxy) is 1. The van der Waals surface area contributed by atoms with Crippen LogP contribution in [0.3, 0.4) is 0 Å². The van der Waals surface area contributed by atoms with Gasteiger partial charge in [0.1, 0.15) is 5.75 Å². The maximum absolute atomic E-state index is 12.4. The zero-order valence-corrected chi connectivity index (χ0v) is 12.8. The van der Waals surface area contributed by atoms with Crippen molar-refractivity contribution in [1.82, 2.24) is 4.90 Å². The van der Waals surface area contributed by atoms with Crippen LogP contribution in [0, 0.1) is 0 Å². The predicted molar refractivity (Wildman–Crippen MR) is 76.0 cm³/mol. The summed E-state index contributed by atoms with van der Waals surface area (Å²) >= 11 is 0. The Morgan fingerprint density at radius 1 is 1.22 bits per heavy atom. The Bertz CT molecular complexity index is 541. The van der Waals surface area contributed by atoms with Gasteiger partial charge in [0.05, 0.1) is 12.0 Å². The molecule has 0 heterocycles. The molecular weight excluding hydrogens is 315 g/mol. The molecule has 1 aromatic carbocycles. The molecule has 0 unspecified atom stereocenters. The monoisotopic (exact) mass is 333 g/mol. The molecule has 0 fully saturated rings. The lowest BCUT2D eigenvalue weighted by Crippen LogP contribution is -2.41. The van der Waals surface area contributed by atoms with Gasteiger partial charge in [-0.3, -0.25) is 9.59 Å². The van der Waals surface area contributed by atoms with Crippen molar-refractivity contribution in [3.8, 4) is 5.75 Å². The summed E-state index contributed by atoms with van der Waals surface area (Å²) in [5.74, 6) is -1.32. The number of carbonyl (C=O) groups is 2. The molecule has 0 aromatic heterocycles. The van der Waals surface area contributed by atoms with Gasteiger partial charge in [0.25, 0.3) is 5.91 Å². The summed E-state index contributed by atoms with van der Waals surface area (Å²) in [6, 6.07) is 3.78. The summed E-state index contributed by atoms with van der Waals surface area (Å²) < 4.78 is 42.5. The second-order valence-electron chi connectivity index (χ2n) is 5.14. The third-order valence-electron chi connectivity index (χ3n) is 3.05. The fourth-order valence-electron chi connectivity index (χ4n) is 1.86. The number of carboxylic acids is 1. The molecule has 1 amide bonds. The van der Waals surface area contributed by atoms with Crippen LogP contribution < -0.4 is 4.74 Å². The normalized spacial score (nSPS) is 11.4. The smallest absolute Gasteiger partial charge is 0.416 e. The topological polar surface area (TPSA) is 66.8 Å². The van der Waals surface area contributed by atoms with Crippen molar-refractivity contribution in [2.75, 3.05) is 13.2 Å². The second-order valence-corrected chi connectivity index (χ2v) is 5.14. The van der Waals surface area contributed by atoms with E-state index in [4.69, 9.17) is 9.84 Å². The Morgan fingerprint density at radius 2 is 1.78 bits per heavy atom. The van der Waals surface area contributed by atoms with Crippen molar-refractivity contribution < 1.29 is 32.6 Å². The van der Waals surface area contributed by atoms with Gasteiger partial charge in [-0.25, -0.2) is 0 Å². The van der Waals surface area contributed by atoms with Crippen LogP contribution in [0.5, 0.6) is 5.75 Å². The van der Waals surface area contributed by atoms with Crippen molar-refractivity contribution in [1.29, 1.82) is 0 Å². The van der Waals surface area contributed by atoms with Crippen molar-refractivity contribution >= 4 is 11.9 Å². The third kappa shape index (κ3) is 6.17. The average Bonchev–Trinajstić information content (AvgIpc) is 2.44. The molecule has 0 aliphatic carbocycles. The van der Waals surface area contributed by atoms with E-state index in [9.17, 15) is 22.8 Å². The lowest BCUT2D eigenvalue weighted by Gasteiger charge is -2.26. The Labute approximate surface area is 131 Å². The number of amides is 1. The quantitative estimate of drug-likeness (QED) is 0.833. The standard InChI is InChI=1S/C15H18F3NO4/c1-10(2)19(8-7-14(21)22)13(20)9-23-12-5-3-11(4-6-12)15(16,17)18/h3-6,10H,7-9H2,1-2H3,(H,21,22). The lowest BCUT2D eigenvalue weighted by atomic mass is 10.2. The van der Waals surface area contributed by atoms with Gasteiger partial charge in [-0.1, -0.05) is 0 Å². The van der Waals surface area contributed by atoms with E-state index in [0.29, 0.717) is 0 Å². The molecule has 1 rings (SSSR count). The first kappa shape index (κ1) is 18.8. The SMILES string of the molecule is CC(C)N(CCC(=O)O)C(=O)COc1ccc(C(F)(F)F)cc1. The molecule has 8 heteroatoms. The highest BCUT2D eigenvalue weighted by Crippen LogP contribution is 2.30. The molecular formula is C15H18F3NO4. The highest BCUT2D eigenvalue weighted by atomic mass is 19.4. The van der Waals surface area contributed by atoms with E-state index in [2.05, 4.69) is 0 Å². The Balaban J connectivity index is 2.61. The van der Waals surface area contributed by atoms with Crippen molar-refractivity contribution in [3.63, 3.8) is 0 Å². The minimum absolute atomic E-state index is 0.0439. The van der Waals surface area contributed by atoms with E-state index in [1.54, 1.807) is 13.8 Å². The van der Waals surface area contributed by atoms with Crippen molar-refractivity contribution in [2.24, 2.45) is 0 Å². The Morgan fingerprint density at radius 3 is 2.22 bits per heavy atom. The van der Waals surface area contributed by atoms with Crippen molar-refractivity contribution in [3.05, 3.63) is 29.8 Å². The molecule has 0 aliphatic rings. The number of carboxylic acid groups (broad SMARTS) is 1. The molecule has 128 valence electrons. The highest BCUT2D eigenvalue weighted by molar-refractivity contribution is 5.78. The lowest BCUT2D eigenvalue weighted by molar-refractivity contribution is -0.140. The molecule has 1 N–H and O–H groups in total. The molecule has 0 spiro atoms. The Hall–Kier alpha value is -2.25. The summed E-state index contributed by atoms with van der Waals surface area (Å²) in [4.78, 5) is 24.0. The van der Waals surface area contributed by atoms with E-state index < -0.39 is 23.6 Å². The van der Waals surface area contributed by atoms with Gasteiger partial charge < -0.3 is 14.7 Å². The maximum atomic E-state index is 12.4. The number of aliphatic carboxylic acids is 1. The molecule has 0 atom stereocenters. The van der Waals surface area contributed by atoms with E-state index in [1.165, 1.54) is 4.90 Å². The number of nitrogens with zero attached hydrogens (tertiary/aromatic N) is 1. The van der Waals surface area contributed by atoms with Crippen LogP contribution in [0.15, 0.2) is 24.3 Å². The zero-order chi connectivity index (χ0) is 17.6. The fourth-order valence-corrected chi connectivity index (χ4v) is 1.86. The number of hydrogen-bond acceptors (Lipinski definition) is 3. The Kier molecular flexibility index (Phi) is 6.41. The molecule has 5 nitrogen and oxygen atoms in total. The fraction of sp³-hybridized carbons (Fsp3) is 0.467. The molecule has 1 aromatic rings. The summed E-state index contributed by atoms with van der Waals surface area (Å²) in [5, 5.41) is 8.66. The molecule has 0 radical (unpaired) electrons. The van der Waals surface area contributed by atoms with E-state index in [-0.39, 0.29) is 31.4 Å². The largest absolute Gasteiger partial charge is 0.484 e. The maximum Gasteiger partial charge on any atom is 0.416 e. The third-order valence-corrected chi connectivity index (χ3v) is 3.05. The van der Waals surface area contributed by atoms with Gasteiger partial charge in [0.15, 0.2) is 6.61 Å². The average molecular weight is 333 g/mol. The van der Waals surface area contributed by atoms with Gasteiger partial charge in [0.2, 0.25) is 0 Å². The van der Waals surface area contributed by atoms with E-state index in [1.807, 2.05) is 0 Å².